The predicted molar refractivity (Wildman–Crippen MR) is 106 cm³/mol. The van der Waals surface area contributed by atoms with E-state index in [0.717, 1.165) is 5.56 Å². The van der Waals surface area contributed by atoms with E-state index in [4.69, 9.17) is 34.0 Å². The molecular formula is C18H18Cl2N4O3. The lowest BCUT2D eigenvalue weighted by atomic mass is 10.1. The summed E-state index contributed by atoms with van der Waals surface area (Å²) in [5.41, 5.74) is 7.22. The van der Waals surface area contributed by atoms with E-state index in [1.165, 1.54) is 0 Å². The van der Waals surface area contributed by atoms with Gasteiger partial charge in [0.05, 0.1) is 6.04 Å². The molecule has 0 aliphatic heterocycles. The van der Waals surface area contributed by atoms with Crippen LogP contribution in [-0.2, 0) is 11.2 Å². The topological polar surface area (TPSA) is 117 Å². The van der Waals surface area contributed by atoms with Crippen LogP contribution in [0.3, 0.4) is 0 Å². The first-order chi connectivity index (χ1) is 12.9. The number of nitrogens with two attached hydrogens (primary N) is 1. The summed E-state index contributed by atoms with van der Waals surface area (Å²) in [6.45, 7) is -0.772. The Bertz CT molecular complexity index is 824. The number of aliphatic hydroxyl groups excluding tert-OH is 1. The number of nitrogens with one attached hydrogen (secondary N) is 2. The van der Waals surface area contributed by atoms with Crippen LogP contribution in [0.2, 0.25) is 10.0 Å². The van der Waals surface area contributed by atoms with E-state index >= 15 is 0 Å². The normalized spacial score (nSPS) is 12.3. The molecule has 0 spiro atoms. The van der Waals surface area contributed by atoms with Crippen molar-refractivity contribution in [2.45, 2.75) is 12.5 Å². The Kier molecular flexibility index (Phi) is 7.60. The van der Waals surface area contributed by atoms with Gasteiger partial charge < -0.3 is 21.5 Å². The molecule has 0 fully saturated rings. The molecule has 0 saturated carbocycles. The second-order valence-electron chi connectivity index (χ2n) is 5.58. The molecule has 0 heterocycles. The summed E-state index contributed by atoms with van der Waals surface area (Å²) in [7, 11) is 0. The third-order valence-corrected chi connectivity index (χ3v) is 4.01. The van der Waals surface area contributed by atoms with Gasteiger partial charge in [0.15, 0.2) is 0 Å². The molecule has 27 heavy (non-hydrogen) atoms. The van der Waals surface area contributed by atoms with Crippen molar-refractivity contribution < 1.29 is 14.7 Å². The van der Waals surface area contributed by atoms with Gasteiger partial charge in [-0.3, -0.25) is 4.79 Å². The molecule has 2 aromatic carbocycles. The maximum atomic E-state index is 12.3. The second-order valence-corrected chi connectivity index (χ2v) is 6.45. The SMILES string of the molecule is NC(=NC(=O)CO)C(Cc1ccc(Cl)cc1)NC(=O)Nc1ccc(Cl)cc1. The molecule has 7 nitrogen and oxygen atoms in total. The molecule has 0 aromatic heterocycles. The zero-order valence-corrected chi connectivity index (χ0v) is 15.7. The average molecular weight is 409 g/mol. The van der Waals surface area contributed by atoms with E-state index in [9.17, 15) is 9.59 Å². The van der Waals surface area contributed by atoms with Gasteiger partial charge in [-0.05, 0) is 48.4 Å². The summed E-state index contributed by atoms with van der Waals surface area (Å²) >= 11 is 11.7. The van der Waals surface area contributed by atoms with Crippen molar-refractivity contribution >= 4 is 46.7 Å². The Hall–Kier alpha value is -2.61. The van der Waals surface area contributed by atoms with Crippen molar-refractivity contribution in [1.82, 2.24) is 5.32 Å². The van der Waals surface area contributed by atoms with Crippen LogP contribution < -0.4 is 16.4 Å². The fraction of sp³-hybridized carbons (Fsp3) is 0.167. The first kappa shape index (κ1) is 20.7. The third kappa shape index (κ3) is 6.90. The van der Waals surface area contributed by atoms with Crippen LogP contribution in [0.1, 0.15) is 5.56 Å². The summed E-state index contributed by atoms with van der Waals surface area (Å²) in [5.74, 6) is -0.913. The molecule has 142 valence electrons. The van der Waals surface area contributed by atoms with Gasteiger partial charge in [-0.1, -0.05) is 35.3 Å². The highest BCUT2D eigenvalue weighted by atomic mass is 35.5. The number of urea groups is 1. The van der Waals surface area contributed by atoms with E-state index in [-0.39, 0.29) is 12.3 Å². The average Bonchev–Trinajstić information content (AvgIpc) is 2.64. The summed E-state index contributed by atoms with van der Waals surface area (Å²) < 4.78 is 0. The molecule has 9 heteroatoms. The van der Waals surface area contributed by atoms with Crippen molar-refractivity contribution in [2.24, 2.45) is 10.7 Å². The number of rotatable bonds is 6. The van der Waals surface area contributed by atoms with Gasteiger partial charge in [0, 0.05) is 15.7 Å². The van der Waals surface area contributed by atoms with Gasteiger partial charge >= 0.3 is 6.03 Å². The van der Waals surface area contributed by atoms with Crippen LogP contribution in [0.5, 0.6) is 0 Å². The monoisotopic (exact) mass is 408 g/mol. The summed E-state index contributed by atoms with van der Waals surface area (Å²) in [6.07, 6.45) is 0.277. The number of nitrogens with zero attached hydrogens (tertiary/aromatic N) is 1. The van der Waals surface area contributed by atoms with Gasteiger partial charge in [-0.2, -0.15) is 4.99 Å². The maximum absolute atomic E-state index is 12.3. The lowest BCUT2D eigenvalue weighted by molar-refractivity contribution is -0.120. The number of carbonyl (C=O) groups excluding carboxylic acids is 2. The molecule has 1 atom stereocenters. The van der Waals surface area contributed by atoms with E-state index in [1.807, 2.05) is 0 Å². The quantitative estimate of drug-likeness (QED) is 0.433. The fourth-order valence-electron chi connectivity index (χ4n) is 2.20. The number of amidine groups is 1. The van der Waals surface area contributed by atoms with Gasteiger partial charge in [0.25, 0.3) is 5.91 Å². The number of benzene rings is 2. The Labute approximate surface area is 166 Å². The highest BCUT2D eigenvalue weighted by Gasteiger charge is 2.18. The first-order valence-corrected chi connectivity index (χ1v) is 8.68. The molecule has 2 rings (SSSR count). The van der Waals surface area contributed by atoms with Crippen LogP contribution in [0.15, 0.2) is 53.5 Å². The molecular weight excluding hydrogens is 391 g/mol. The van der Waals surface area contributed by atoms with Crippen molar-refractivity contribution in [2.75, 3.05) is 11.9 Å². The molecule has 0 saturated heterocycles. The van der Waals surface area contributed by atoms with Gasteiger partial charge in [-0.15, -0.1) is 0 Å². The minimum absolute atomic E-state index is 0.116. The number of anilines is 1. The van der Waals surface area contributed by atoms with Crippen LogP contribution in [0.4, 0.5) is 10.5 Å². The van der Waals surface area contributed by atoms with E-state index in [1.54, 1.807) is 48.5 Å². The number of carbonyl (C=O) groups is 2. The van der Waals surface area contributed by atoms with Crippen molar-refractivity contribution in [1.29, 1.82) is 0 Å². The number of hydrogen-bond acceptors (Lipinski definition) is 3. The summed E-state index contributed by atoms with van der Waals surface area (Å²) in [5, 5.41) is 15.3. The number of amides is 3. The van der Waals surface area contributed by atoms with Crippen molar-refractivity contribution in [3.05, 3.63) is 64.1 Å². The molecule has 3 amide bonds. The van der Waals surface area contributed by atoms with Crippen molar-refractivity contribution in [3.8, 4) is 0 Å². The Morgan fingerprint density at radius 2 is 1.59 bits per heavy atom. The molecule has 0 aliphatic carbocycles. The van der Waals surface area contributed by atoms with Gasteiger partial charge in [0.1, 0.15) is 12.4 Å². The predicted octanol–water partition coefficient (Wildman–Crippen LogP) is 2.60. The second kappa shape index (κ2) is 9.91. The lowest BCUT2D eigenvalue weighted by Gasteiger charge is -2.19. The molecule has 5 N–H and O–H groups in total. The fourth-order valence-corrected chi connectivity index (χ4v) is 2.45. The largest absolute Gasteiger partial charge is 0.386 e. The van der Waals surface area contributed by atoms with Crippen LogP contribution in [0, 0.1) is 0 Å². The summed E-state index contributed by atoms with van der Waals surface area (Å²) in [6, 6.07) is 12.2. The van der Waals surface area contributed by atoms with Crippen LogP contribution in [0.25, 0.3) is 0 Å². The van der Waals surface area contributed by atoms with Gasteiger partial charge in [0.2, 0.25) is 0 Å². The van der Waals surface area contributed by atoms with Crippen LogP contribution >= 0.6 is 23.2 Å². The Morgan fingerprint density at radius 3 is 2.15 bits per heavy atom. The number of aliphatic imine (C=N–C) groups is 1. The Morgan fingerprint density at radius 1 is 1.04 bits per heavy atom. The van der Waals surface area contributed by atoms with Crippen molar-refractivity contribution in [3.63, 3.8) is 0 Å². The zero-order chi connectivity index (χ0) is 19.8. The minimum atomic E-state index is -0.798. The third-order valence-electron chi connectivity index (χ3n) is 3.51. The molecule has 0 aliphatic rings. The molecule has 0 bridgehead atoms. The highest BCUT2D eigenvalue weighted by molar-refractivity contribution is 6.30. The number of halogens is 2. The molecule has 2 aromatic rings. The summed E-state index contributed by atoms with van der Waals surface area (Å²) in [4.78, 5) is 27.2. The van der Waals surface area contributed by atoms with Gasteiger partial charge in [-0.25, -0.2) is 4.79 Å². The Balaban J connectivity index is 2.13. The van der Waals surface area contributed by atoms with E-state index in [2.05, 4.69) is 15.6 Å². The zero-order valence-electron chi connectivity index (χ0n) is 14.2. The molecule has 1 unspecified atom stereocenters. The maximum Gasteiger partial charge on any atom is 0.319 e. The number of aliphatic hydroxyl groups is 1. The first-order valence-electron chi connectivity index (χ1n) is 7.92. The molecule has 0 radical (unpaired) electrons. The lowest BCUT2D eigenvalue weighted by Crippen LogP contribution is -2.48. The highest BCUT2D eigenvalue weighted by Crippen LogP contribution is 2.14. The number of hydrogen-bond donors (Lipinski definition) is 4. The van der Waals surface area contributed by atoms with E-state index < -0.39 is 24.6 Å². The van der Waals surface area contributed by atoms with E-state index in [0.29, 0.717) is 15.7 Å². The smallest absolute Gasteiger partial charge is 0.319 e. The minimum Gasteiger partial charge on any atom is -0.386 e. The van der Waals surface area contributed by atoms with Crippen LogP contribution in [-0.4, -0.2) is 35.5 Å². The standard InChI is InChI=1S/C18H18Cl2N4O3/c19-12-3-1-11(2-4-12)9-15(17(21)24-16(26)10-25)23-18(27)22-14-7-5-13(20)6-8-14/h1-8,15,25H,9-10H2,(H2,21,24,26)(H2,22,23,27).